The minimum atomic E-state index is -0.0941. The summed E-state index contributed by atoms with van der Waals surface area (Å²) in [7, 11) is 3.51. The minimum Gasteiger partial charge on any atom is -0.343 e. The van der Waals surface area contributed by atoms with Crippen LogP contribution in [0.3, 0.4) is 0 Å². The highest BCUT2D eigenvalue weighted by Gasteiger charge is 2.42. The maximum atomic E-state index is 13.3. The molecule has 0 radical (unpaired) electrons. The van der Waals surface area contributed by atoms with Crippen molar-refractivity contribution in [1.82, 2.24) is 24.3 Å². The van der Waals surface area contributed by atoms with Crippen molar-refractivity contribution in [2.45, 2.75) is 44.3 Å². The van der Waals surface area contributed by atoms with E-state index in [-0.39, 0.29) is 23.9 Å². The smallest absolute Gasteiger partial charge is 0.273 e. The van der Waals surface area contributed by atoms with E-state index in [9.17, 15) is 9.59 Å². The molecule has 0 unspecified atom stereocenters. The average molecular weight is 430 g/mol. The summed E-state index contributed by atoms with van der Waals surface area (Å²) in [5.74, 6) is 0.854. The second-order valence-electron chi connectivity index (χ2n) is 8.83. The lowest BCUT2D eigenvalue weighted by atomic mass is 10.0. The van der Waals surface area contributed by atoms with E-state index in [0.29, 0.717) is 25.1 Å². The van der Waals surface area contributed by atoms with Crippen molar-refractivity contribution < 1.29 is 9.59 Å². The zero-order chi connectivity index (χ0) is 22.2. The third kappa shape index (κ3) is 3.57. The van der Waals surface area contributed by atoms with Gasteiger partial charge in [-0.15, -0.1) is 0 Å². The molecule has 1 saturated heterocycles. The van der Waals surface area contributed by atoms with Crippen LogP contribution in [-0.2, 0) is 24.2 Å². The number of aromatic nitrogens is 3. The Morgan fingerprint density at radius 2 is 1.75 bits per heavy atom. The minimum absolute atomic E-state index is 0.0876. The van der Waals surface area contributed by atoms with Crippen molar-refractivity contribution in [1.29, 1.82) is 0 Å². The van der Waals surface area contributed by atoms with Gasteiger partial charge in [0, 0.05) is 51.1 Å². The molecule has 7 heteroatoms. The Bertz CT molecular complexity index is 1140. The van der Waals surface area contributed by atoms with Gasteiger partial charge in [-0.25, -0.2) is 4.98 Å². The number of pyridine rings is 1. The Balaban J connectivity index is 1.53. The molecule has 2 aliphatic heterocycles. The SMILES string of the molecule is CN(C)C(=O)c1nc(-c2ccccc2)n2c1C[C@@H]1CC[C@H](C2)N1C(=O)Cc1ccncc1. The standard InChI is InChI=1S/C25H27N5O2/c1-28(2)25(32)23-21-15-19-8-9-20(30(19)22(31)14-17-10-12-26-13-11-17)16-29(21)24(27-23)18-6-4-3-5-7-18/h3-7,10-13,19-20H,8-9,14-16H2,1-2H3/t19-,20+/m0/s1. The summed E-state index contributed by atoms with van der Waals surface area (Å²) in [5.41, 5.74) is 3.40. The van der Waals surface area contributed by atoms with Gasteiger partial charge in [-0.05, 0) is 30.5 Å². The Labute approximate surface area is 187 Å². The van der Waals surface area contributed by atoms with Gasteiger partial charge in [0.2, 0.25) is 5.91 Å². The molecule has 1 fully saturated rings. The zero-order valence-corrected chi connectivity index (χ0v) is 18.4. The van der Waals surface area contributed by atoms with Crippen LogP contribution in [-0.4, -0.2) is 62.3 Å². The molecule has 2 amide bonds. The van der Waals surface area contributed by atoms with Crippen molar-refractivity contribution in [2.75, 3.05) is 14.1 Å². The van der Waals surface area contributed by atoms with Gasteiger partial charge in [0.15, 0.2) is 0 Å². The molecule has 2 aliphatic rings. The highest BCUT2D eigenvalue weighted by molar-refractivity contribution is 5.94. The first-order chi connectivity index (χ1) is 15.5. The van der Waals surface area contributed by atoms with Gasteiger partial charge in [0.1, 0.15) is 11.5 Å². The van der Waals surface area contributed by atoms with Gasteiger partial charge in [-0.3, -0.25) is 14.6 Å². The van der Waals surface area contributed by atoms with E-state index < -0.39 is 0 Å². The van der Waals surface area contributed by atoms with Crippen molar-refractivity contribution in [3.63, 3.8) is 0 Å². The Morgan fingerprint density at radius 3 is 2.47 bits per heavy atom. The third-order valence-electron chi connectivity index (χ3n) is 6.55. The summed E-state index contributed by atoms with van der Waals surface area (Å²) in [6.45, 7) is 0.659. The van der Waals surface area contributed by atoms with Crippen LogP contribution >= 0.6 is 0 Å². The molecule has 5 rings (SSSR count). The molecule has 2 bridgehead atoms. The molecule has 3 aromatic rings. The molecular weight excluding hydrogens is 402 g/mol. The Hall–Kier alpha value is -3.48. The van der Waals surface area contributed by atoms with Crippen LogP contribution in [0.25, 0.3) is 11.4 Å². The summed E-state index contributed by atoms with van der Waals surface area (Å²) in [6.07, 6.45) is 6.39. The summed E-state index contributed by atoms with van der Waals surface area (Å²) in [6, 6.07) is 14.0. The lowest BCUT2D eigenvalue weighted by Crippen LogP contribution is -2.43. The fourth-order valence-corrected chi connectivity index (χ4v) is 5.03. The van der Waals surface area contributed by atoms with Crippen LogP contribution in [0, 0.1) is 0 Å². The number of carbonyl (C=O) groups excluding carboxylic acids is 2. The second-order valence-corrected chi connectivity index (χ2v) is 8.83. The summed E-state index contributed by atoms with van der Waals surface area (Å²) in [5, 5.41) is 0. The van der Waals surface area contributed by atoms with Crippen molar-refractivity contribution in [2.24, 2.45) is 0 Å². The molecule has 2 atom stereocenters. The van der Waals surface area contributed by atoms with Crippen LogP contribution in [0.4, 0.5) is 0 Å². The third-order valence-corrected chi connectivity index (χ3v) is 6.55. The number of fused-ring (bicyclic) bond motifs is 3. The Morgan fingerprint density at radius 1 is 1.03 bits per heavy atom. The van der Waals surface area contributed by atoms with Gasteiger partial charge >= 0.3 is 0 Å². The summed E-state index contributed by atoms with van der Waals surface area (Å²) >= 11 is 0. The molecule has 2 aromatic heterocycles. The number of hydrogen-bond acceptors (Lipinski definition) is 4. The number of nitrogens with zero attached hydrogens (tertiary/aromatic N) is 5. The monoisotopic (exact) mass is 429 g/mol. The normalized spacial score (nSPS) is 19.4. The number of amides is 2. The summed E-state index contributed by atoms with van der Waals surface area (Å²) in [4.78, 5) is 38.9. The number of carbonyl (C=O) groups is 2. The second kappa shape index (κ2) is 8.22. The lowest BCUT2D eigenvalue weighted by Gasteiger charge is -2.28. The van der Waals surface area contributed by atoms with Crippen molar-refractivity contribution >= 4 is 11.8 Å². The lowest BCUT2D eigenvalue weighted by molar-refractivity contribution is -0.133. The predicted octanol–water partition coefficient (Wildman–Crippen LogP) is 2.81. The predicted molar refractivity (Wildman–Crippen MR) is 121 cm³/mol. The number of rotatable bonds is 4. The maximum absolute atomic E-state index is 13.3. The van der Waals surface area contributed by atoms with Crippen molar-refractivity contribution in [3.05, 3.63) is 71.8 Å². The van der Waals surface area contributed by atoms with E-state index in [1.807, 2.05) is 42.5 Å². The molecule has 32 heavy (non-hydrogen) atoms. The van der Waals surface area contributed by atoms with E-state index in [1.165, 1.54) is 0 Å². The Kier molecular flexibility index (Phi) is 5.25. The molecule has 0 saturated carbocycles. The molecular formula is C25H27N5O2. The molecule has 1 aromatic carbocycles. The fourth-order valence-electron chi connectivity index (χ4n) is 5.03. The highest BCUT2D eigenvalue weighted by atomic mass is 16.2. The van der Waals surface area contributed by atoms with Gasteiger partial charge < -0.3 is 14.4 Å². The van der Waals surface area contributed by atoms with Gasteiger partial charge in [-0.1, -0.05) is 30.3 Å². The van der Waals surface area contributed by atoms with Gasteiger partial charge in [0.05, 0.1) is 18.2 Å². The first-order valence-corrected chi connectivity index (χ1v) is 11.1. The molecule has 0 N–H and O–H groups in total. The van der Waals surface area contributed by atoms with Gasteiger partial charge in [-0.2, -0.15) is 0 Å². The largest absolute Gasteiger partial charge is 0.343 e. The molecule has 7 nitrogen and oxygen atoms in total. The van der Waals surface area contributed by atoms with Crippen LogP contribution in [0.1, 0.15) is 34.6 Å². The first kappa shape index (κ1) is 20.4. The van der Waals surface area contributed by atoms with Crippen LogP contribution in [0.5, 0.6) is 0 Å². The molecule has 164 valence electrons. The number of imidazole rings is 1. The van der Waals surface area contributed by atoms with Crippen LogP contribution in [0.15, 0.2) is 54.9 Å². The number of benzene rings is 1. The fraction of sp³-hybridized carbons (Fsp3) is 0.360. The van der Waals surface area contributed by atoms with Crippen LogP contribution < -0.4 is 0 Å². The van der Waals surface area contributed by atoms with Crippen molar-refractivity contribution in [3.8, 4) is 11.4 Å². The molecule has 0 spiro atoms. The molecule has 0 aliphatic carbocycles. The maximum Gasteiger partial charge on any atom is 0.273 e. The number of hydrogen-bond donors (Lipinski definition) is 0. The topological polar surface area (TPSA) is 71.3 Å². The van der Waals surface area contributed by atoms with E-state index in [4.69, 9.17) is 4.98 Å². The first-order valence-electron chi connectivity index (χ1n) is 11.1. The highest BCUT2D eigenvalue weighted by Crippen LogP contribution is 2.36. The quantitative estimate of drug-likeness (QED) is 0.639. The van der Waals surface area contributed by atoms with Crippen LogP contribution in [0.2, 0.25) is 0 Å². The molecule has 4 heterocycles. The van der Waals surface area contributed by atoms with E-state index >= 15 is 0 Å². The van der Waals surface area contributed by atoms with E-state index in [0.717, 1.165) is 35.5 Å². The zero-order valence-electron chi connectivity index (χ0n) is 18.4. The van der Waals surface area contributed by atoms with E-state index in [2.05, 4.69) is 14.5 Å². The average Bonchev–Trinajstić information content (AvgIpc) is 3.30. The summed E-state index contributed by atoms with van der Waals surface area (Å²) < 4.78 is 2.18. The van der Waals surface area contributed by atoms with Gasteiger partial charge in [0.25, 0.3) is 5.91 Å². The van der Waals surface area contributed by atoms with E-state index in [1.54, 1.807) is 31.4 Å².